The van der Waals surface area contributed by atoms with Crippen LogP contribution in [0.1, 0.15) is 19.3 Å². The number of hydrogen-bond donors (Lipinski definition) is 2. The van der Waals surface area contributed by atoms with Crippen LogP contribution in [0.3, 0.4) is 0 Å². The van der Waals surface area contributed by atoms with Crippen LogP contribution in [0.25, 0.3) is 0 Å². The molecule has 22 heavy (non-hydrogen) atoms. The lowest BCUT2D eigenvalue weighted by Crippen LogP contribution is -2.13. The van der Waals surface area contributed by atoms with Gasteiger partial charge in [-0.2, -0.15) is 0 Å². The summed E-state index contributed by atoms with van der Waals surface area (Å²) < 4.78 is 26.4. The van der Waals surface area contributed by atoms with E-state index in [9.17, 15) is 0 Å². The lowest BCUT2D eigenvalue weighted by atomic mass is 10.2. The van der Waals surface area contributed by atoms with Crippen molar-refractivity contribution < 1.29 is 33.9 Å². The maximum Gasteiger partial charge on any atom is 0.0701 e. The molecule has 0 unspecified atom stereocenters. The van der Waals surface area contributed by atoms with Crippen molar-refractivity contribution in [2.75, 3.05) is 79.3 Å². The molecule has 0 aliphatic carbocycles. The Morgan fingerprint density at radius 3 is 1.18 bits per heavy atom. The Morgan fingerprint density at radius 1 is 0.364 bits per heavy atom. The van der Waals surface area contributed by atoms with Crippen LogP contribution in [0.15, 0.2) is 0 Å². The highest BCUT2D eigenvalue weighted by Crippen LogP contribution is 1.94. The van der Waals surface area contributed by atoms with E-state index in [0.717, 1.165) is 25.9 Å². The van der Waals surface area contributed by atoms with E-state index in [1.54, 1.807) is 0 Å². The zero-order chi connectivity index (χ0) is 16.1. The number of ether oxygens (including phenoxy) is 5. The van der Waals surface area contributed by atoms with E-state index in [1.165, 1.54) is 0 Å². The van der Waals surface area contributed by atoms with Crippen molar-refractivity contribution in [2.24, 2.45) is 0 Å². The van der Waals surface area contributed by atoms with Crippen molar-refractivity contribution in [3.8, 4) is 0 Å². The van der Waals surface area contributed by atoms with Gasteiger partial charge in [0.1, 0.15) is 0 Å². The standard InChI is InChI=1S/C15H32O7/c16-4-2-1-3-6-18-8-10-20-12-14-22-15-13-21-11-9-19-7-5-17/h16-17H,1-15H2. The minimum Gasteiger partial charge on any atom is -0.396 e. The average molecular weight is 324 g/mol. The molecule has 0 saturated carbocycles. The maximum absolute atomic E-state index is 8.61. The molecular weight excluding hydrogens is 292 g/mol. The molecule has 7 nitrogen and oxygen atoms in total. The van der Waals surface area contributed by atoms with E-state index in [4.69, 9.17) is 33.9 Å². The Bertz CT molecular complexity index is 173. The molecule has 7 heteroatoms. The molecule has 0 bridgehead atoms. The fraction of sp³-hybridized carbons (Fsp3) is 1.00. The van der Waals surface area contributed by atoms with Gasteiger partial charge in [0.2, 0.25) is 0 Å². The fourth-order valence-corrected chi connectivity index (χ4v) is 1.54. The summed E-state index contributed by atoms with van der Waals surface area (Å²) in [5.74, 6) is 0. The van der Waals surface area contributed by atoms with Crippen LogP contribution in [0, 0.1) is 0 Å². The zero-order valence-electron chi connectivity index (χ0n) is 13.5. The summed E-state index contributed by atoms with van der Waals surface area (Å²) in [7, 11) is 0. The molecule has 0 saturated heterocycles. The Hall–Kier alpha value is -0.280. The largest absolute Gasteiger partial charge is 0.396 e. The van der Waals surface area contributed by atoms with Gasteiger partial charge >= 0.3 is 0 Å². The highest BCUT2D eigenvalue weighted by atomic mass is 16.6. The lowest BCUT2D eigenvalue weighted by Gasteiger charge is -2.07. The molecule has 0 rings (SSSR count). The molecule has 0 amide bonds. The Labute approximate surface area is 133 Å². The van der Waals surface area contributed by atoms with Crippen molar-refractivity contribution in [2.45, 2.75) is 19.3 Å². The summed E-state index contributed by atoms with van der Waals surface area (Å²) in [6, 6.07) is 0. The van der Waals surface area contributed by atoms with Crippen molar-refractivity contribution >= 4 is 0 Å². The van der Waals surface area contributed by atoms with Gasteiger partial charge in [0.15, 0.2) is 0 Å². The van der Waals surface area contributed by atoms with E-state index >= 15 is 0 Å². The van der Waals surface area contributed by atoms with Crippen molar-refractivity contribution in [1.29, 1.82) is 0 Å². The second-order valence-corrected chi connectivity index (χ2v) is 4.57. The van der Waals surface area contributed by atoms with E-state index in [-0.39, 0.29) is 13.2 Å². The zero-order valence-corrected chi connectivity index (χ0v) is 13.5. The van der Waals surface area contributed by atoms with Crippen molar-refractivity contribution in [1.82, 2.24) is 0 Å². The minimum atomic E-state index is 0.0395. The van der Waals surface area contributed by atoms with Gasteiger partial charge < -0.3 is 33.9 Å². The second-order valence-electron chi connectivity index (χ2n) is 4.57. The van der Waals surface area contributed by atoms with Crippen LogP contribution >= 0.6 is 0 Å². The summed E-state index contributed by atoms with van der Waals surface area (Å²) in [5.41, 5.74) is 0. The van der Waals surface area contributed by atoms with E-state index in [1.807, 2.05) is 0 Å². The quantitative estimate of drug-likeness (QED) is 0.329. The first-order chi connectivity index (χ1) is 10.9. The first kappa shape index (κ1) is 21.7. The van der Waals surface area contributed by atoms with Gasteiger partial charge in [0, 0.05) is 13.2 Å². The van der Waals surface area contributed by atoms with Crippen LogP contribution in [0.4, 0.5) is 0 Å². The van der Waals surface area contributed by atoms with Gasteiger partial charge in [-0.25, -0.2) is 0 Å². The number of aliphatic hydroxyl groups excluding tert-OH is 2. The molecule has 2 N–H and O–H groups in total. The molecule has 134 valence electrons. The molecule has 0 aromatic rings. The van der Waals surface area contributed by atoms with Gasteiger partial charge in [-0.15, -0.1) is 0 Å². The molecule has 0 fully saturated rings. The van der Waals surface area contributed by atoms with Gasteiger partial charge in [-0.3, -0.25) is 0 Å². The monoisotopic (exact) mass is 324 g/mol. The molecule has 0 spiro atoms. The second kappa shape index (κ2) is 20.7. The summed E-state index contributed by atoms with van der Waals surface area (Å²) >= 11 is 0. The SMILES string of the molecule is OCCCCCOCCOCCOCCOCCOCCO. The average Bonchev–Trinajstić information content (AvgIpc) is 2.54. The third kappa shape index (κ3) is 19.7. The summed E-state index contributed by atoms with van der Waals surface area (Å²) in [6.07, 6.45) is 2.83. The Balaban J connectivity index is 2.91. The number of rotatable bonds is 19. The summed E-state index contributed by atoms with van der Waals surface area (Å²) in [6.45, 7) is 5.68. The number of aliphatic hydroxyl groups is 2. The highest BCUT2D eigenvalue weighted by molar-refractivity contribution is 4.40. The van der Waals surface area contributed by atoms with Gasteiger partial charge in [0.25, 0.3) is 0 Å². The molecule has 0 aromatic carbocycles. The highest BCUT2D eigenvalue weighted by Gasteiger charge is 1.93. The minimum absolute atomic E-state index is 0.0395. The number of unbranched alkanes of at least 4 members (excludes halogenated alkanes) is 2. The normalized spacial score (nSPS) is 11.2. The van der Waals surface area contributed by atoms with Crippen LogP contribution in [0.2, 0.25) is 0 Å². The van der Waals surface area contributed by atoms with E-state index < -0.39 is 0 Å². The van der Waals surface area contributed by atoms with Crippen LogP contribution in [-0.4, -0.2) is 89.5 Å². The smallest absolute Gasteiger partial charge is 0.0701 e. The first-order valence-electron chi connectivity index (χ1n) is 8.02. The third-order valence-electron chi connectivity index (χ3n) is 2.67. The predicted octanol–water partition coefficient (Wildman–Crippen LogP) is 0.224. The molecule has 0 atom stereocenters. The predicted molar refractivity (Wildman–Crippen MR) is 82.1 cm³/mol. The van der Waals surface area contributed by atoms with Crippen molar-refractivity contribution in [3.05, 3.63) is 0 Å². The topological polar surface area (TPSA) is 86.6 Å². The molecule has 0 aliphatic rings. The fourth-order valence-electron chi connectivity index (χ4n) is 1.54. The first-order valence-corrected chi connectivity index (χ1v) is 8.02. The van der Waals surface area contributed by atoms with Crippen LogP contribution in [-0.2, 0) is 23.7 Å². The lowest BCUT2D eigenvalue weighted by molar-refractivity contribution is -0.0134. The van der Waals surface area contributed by atoms with E-state index in [0.29, 0.717) is 59.5 Å². The van der Waals surface area contributed by atoms with Crippen molar-refractivity contribution in [3.63, 3.8) is 0 Å². The molecular formula is C15H32O7. The molecule has 0 radical (unpaired) electrons. The summed E-state index contributed by atoms with van der Waals surface area (Å²) in [5, 5.41) is 17.1. The van der Waals surface area contributed by atoms with Crippen LogP contribution in [0.5, 0.6) is 0 Å². The van der Waals surface area contributed by atoms with Gasteiger partial charge in [-0.05, 0) is 19.3 Å². The third-order valence-corrected chi connectivity index (χ3v) is 2.67. The number of hydrogen-bond acceptors (Lipinski definition) is 7. The van der Waals surface area contributed by atoms with Gasteiger partial charge in [0.05, 0.1) is 66.1 Å². The Kier molecular flexibility index (Phi) is 20.5. The molecule has 0 aromatic heterocycles. The molecule has 0 aliphatic heterocycles. The van der Waals surface area contributed by atoms with E-state index in [2.05, 4.69) is 0 Å². The maximum atomic E-state index is 8.61. The Morgan fingerprint density at radius 2 is 0.773 bits per heavy atom. The summed E-state index contributed by atoms with van der Waals surface area (Å²) in [4.78, 5) is 0. The van der Waals surface area contributed by atoms with Crippen LogP contribution < -0.4 is 0 Å². The molecule has 0 heterocycles. The van der Waals surface area contributed by atoms with Gasteiger partial charge in [-0.1, -0.05) is 0 Å².